The number of urea groups is 1. The Morgan fingerprint density at radius 1 is 1.39 bits per heavy atom. The fraction of sp³-hybridized carbons (Fsp3) is 0.500. The van der Waals surface area contributed by atoms with Crippen LogP contribution >= 0.6 is 0 Å². The average molecular weight is 320 g/mol. The van der Waals surface area contributed by atoms with Crippen molar-refractivity contribution in [2.75, 3.05) is 24.5 Å². The zero-order valence-electron chi connectivity index (χ0n) is 13.1. The third-order valence-electron chi connectivity index (χ3n) is 4.53. The van der Waals surface area contributed by atoms with E-state index in [0.717, 1.165) is 0 Å². The summed E-state index contributed by atoms with van der Waals surface area (Å²) in [5, 5.41) is 2.69. The molecule has 2 fully saturated rings. The highest BCUT2D eigenvalue weighted by molar-refractivity contribution is 5.98. The minimum Gasteiger partial charge on any atom is -0.336 e. The minimum absolute atomic E-state index is 0.00419. The standard InChI is InChI=1S/C16H21FN4O2/c1-10-8-11(18)4-6-20(10)15(22)13-9-12(2-3-14(13)17)21-7-5-19-16(21)23/h2-3,9-11H,4-8,18H2,1H3,(H,19,23)/t10-,11-/m0/s1. The number of anilines is 1. The van der Waals surface area contributed by atoms with E-state index >= 15 is 0 Å². The highest BCUT2D eigenvalue weighted by Gasteiger charge is 2.30. The Bertz CT molecular complexity index is 637. The molecular weight excluding hydrogens is 299 g/mol. The highest BCUT2D eigenvalue weighted by Crippen LogP contribution is 2.24. The first kappa shape index (κ1) is 15.7. The Balaban J connectivity index is 1.86. The molecule has 0 saturated carbocycles. The number of piperidine rings is 1. The summed E-state index contributed by atoms with van der Waals surface area (Å²) in [6.07, 6.45) is 1.42. The molecule has 3 N–H and O–H groups in total. The van der Waals surface area contributed by atoms with E-state index in [9.17, 15) is 14.0 Å². The van der Waals surface area contributed by atoms with Crippen molar-refractivity contribution in [1.82, 2.24) is 10.2 Å². The lowest BCUT2D eigenvalue weighted by molar-refractivity contribution is 0.0614. The molecule has 2 aliphatic rings. The number of hydrogen-bond donors (Lipinski definition) is 2. The molecule has 3 rings (SSSR count). The van der Waals surface area contributed by atoms with Gasteiger partial charge < -0.3 is 16.0 Å². The number of carbonyl (C=O) groups is 2. The maximum atomic E-state index is 14.2. The summed E-state index contributed by atoms with van der Waals surface area (Å²) < 4.78 is 14.2. The second-order valence-electron chi connectivity index (χ2n) is 6.18. The van der Waals surface area contributed by atoms with Crippen molar-refractivity contribution in [3.63, 3.8) is 0 Å². The first-order valence-corrected chi connectivity index (χ1v) is 7.89. The zero-order valence-corrected chi connectivity index (χ0v) is 13.1. The van der Waals surface area contributed by atoms with Crippen molar-refractivity contribution in [3.8, 4) is 0 Å². The molecule has 23 heavy (non-hydrogen) atoms. The third kappa shape index (κ3) is 3.01. The number of halogens is 1. The van der Waals surface area contributed by atoms with E-state index in [-0.39, 0.29) is 29.6 Å². The molecule has 0 aliphatic carbocycles. The van der Waals surface area contributed by atoms with Gasteiger partial charge in [0.1, 0.15) is 5.82 Å². The molecule has 124 valence electrons. The quantitative estimate of drug-likeness (QED) is 0.862. The molecule has 0 bridgehead atoms. The SMILES string of the molecule is C[C@H]1C[C@@H](N)CCN1C(=O)c1cc(N2CCNC2=O)ccc1F. The maximum absolute atomic E-state index is 14.2. The van der Waals surface area contributed by atoms with Crippen LogP contribution in [0.25, 0.3) is 0 Å². The largest absolute Gasteiger partial charge is 0.336 e. The second-order valence-corrected chi connectivity index (χ2v) is 6.18. The summed E-state index contributed by atoms with van der Waals surface area (Å²) >= 11 is 0. The first-order chi connectivity index (χ1) is 11.0. The van der Waals surface area contributed by atoms with Crippen molar-refractivity contribution in [1.29, 1.82) is 0 Å². The minimum atomic E-state index is -0.569. The fourth-order valence-electron chi connectivity index (χ4n) is 3.23. The molecule has 0 unspecified atom stereocenters. The van der Waals surface area contributed by atoms with Crippen LogP contribution in [0.5, 0.6) is 0 Å². The molecule has 2 atom stereocenters. The van der Waals surface area contributed by atoms with Crippen LogP contribution in [0.1, 0.15) is 30.1 Å². The van der Waals surface area contributed by atoms with Crippen molar-refractivity contribution in [3.05, 3.63) is 29.6 Å². The summed E-state index contributed by atoms with van der Waals surface area (Å²) in [7, 11) is 0. The summed E-state index contributed by atoms with van der Waals surface area (Å²) in [4.78, 5) is 27.6. The van der Waals surface area contributed by atoms with E-state index in [1.807, 2.05) is 6.92 Å². The first-order valence-electron chi connectivity index (χ1n) is 7.89. The number of rotatable bonds is 2. The number of nitrogens with two attached hydrogens (primary N) is 1. The van der Waals surface area contributed by atoms with Crippen molar-refractivity contribution >= 4 is 17.6 Å². The molecular formula is C16H21FN4O2. The Morgan fingerprint density at radius 3 is 2.83 bits per heavy atom. The molecule has 1 aromatic carbocycles. The predicted octanol–water partition coefficient (Wildman–Crippen LogP) is 1.31. The van der Waals surface area contributed by atoms with E-state index in [1.165, 1.54) is 23.1 Å². The topological polar surface area (TPSA) is 78.7 Å². The van der Waals surface area contributed by atoms with E-state index in [1.54, 1.807) is 4.90 Å². The monoisotopic (exact) mass is 320 g/mol. The van der Waals surface area contributed by atoms with Crippen LogP contribution in [0.4, 0.5) is 14.9 Å². The lowest BCUT2D eigenvalue weighted by atomic mass is 9.98. The molecule has 2 heterocycles. The number of hydrogen-bond acceptors (Lipinski definition) is 3. The Kier molecular flexibility index (Phi) is 4.21. The Morgan fingerprint density at radius 2 is 2.17 bits per heavy atom. The van der Waals surface area contributed by atoms with Gasteiger partial charge in [-0.2, -0.15) is 0 Å². The molecule has 3 amide bonds. The van der Waals surface area contributed by atoms with Crippen LogP contribution in [-0.2, 0) is 0 Å². The number of carbonyl (C=O) groups excluding carboxylic acids is 2. The van der Waals surface area contributed by atoms with Crippen LogP contribution in [0, 0.1) is 5.82 Å². The molecule has 7 heteroatoms. The fourth-order valence-corrected chi connectivity index (χ4v) is 3.23. The molecule has 0 aromatic heterocycles. The normalized spacial score (nSPS) is 24.7. The maximum Gasteiger partial charge on any atom is 0.321 e. The van der Waals surface area contributed by atoms with Crippen molar-refractivity contribution in [2.24, 2.45) is 5.73 Å². The number of amides is 3. The molecule has 2 saturated heterocycles. The molecule has 0 spiro atoms. The lowest BCUT2D eigenvalue weighted by Crippen LogP contribution is -2.48. The van der Waals surface area contributed by atoms with Gasteiger partial charge in [-0.15, -0.1) is 0 Å². The van der Waals surface area contributed by atoms with Crippen LogP contribution in [0.3, 0.4) is 0 Å². The number of nitrogens with one attached hydrogen (secondary N) is 1. The van der Waals surface area contributed by atoms with E-state index in [0.29, 0.717) is 38.2 Å². The van der Waals surface area contributed by atoms with Crippen LogP contribution in [0.2, 0.25) is 0 Å². The van der Waals surface area contributed by atoms with Gasteiger partial charge in [0, 0.05) is 37.4 Å². The van der Waals surface area contributed by atoms with Gasteiger partial charge in [-0.3, -0.25) is 9.69 Å². The Hall–Kier alpha value is -2.15. The van der Waals surface area contributed by atoms with Gasteiger partial charge in [-0.05, 0) is 38.0 Å². The lowest BCUT2D eigenvalue weighted by Gasteiger charge is -2.36. The Labute approximate surface area is 134 Å². The van der Waals surface area contributed by atoms with Crippen LogP contribution < -0.4 is 16.0 Å². The molecule has 2 aliphatic heterocycles. The second kappa shape index (κ2) is 6.16. The number of likely N-dealkylation sites (tertiary alicyclic amines) is 1. The van der Waals surface area contributed by atoms with Crippen molar-refractivity contribution in [2.45, 2.75) is 31.8 Å². The number of benzene rings is 1. The van der Waals surface area contributed by atoms with Gasteiger partial charge in [-0.25, -0.2) is 9.18 Å². The third-order valence-corrected chi connectivity index (χ3v) is 4.53. The highest BCUT2D eigenvalue weighted by atomic mass is 19.1. The smallest absolute Gasteiger partial charge is 0.321 e. The predicted molar refractivity (Wildman–Crippen MR) is 84.9 cm³/mol. The van der Waals surface area contributed by atoms with Gasteiger partial charge >= 0.3 is 6.03 Å². The van der Waals surface area contributed by atoms with Gasteiger partial charge in [0.2, 0.25) is 0 Å². The van der Waals surface area contributed by atoms with E-state index in [2.05, 4.69) is 5.32 Å². The van der Waals surface area contributed by atoms with Gasteiger partial charge in [0.15, 0.2) is 0 Å². The molecule has 0 radical (unpaired) electrons. The average Bonchev–Trinajstić information content (AvgIpc) is 2.93. The van der Waals surface area contributed by atoms with Crippen LogP contribution in [-0.4, -0.2) is 48.6 Å². The van der Waals surface area contributed by atoms with Gasteiger partial charge in [0.25, 0.3) is 5.91 Å². The van der Waals surface area contributed by atoms with Crippen molar-refractivity contribution < 1.29 is 14.0 Å². The number of nitrogens with zero attached hydrogens (tertiary/aromatic N) is 2. The van der Waals surface area contributed by atoms with E-state index < -0.39 is 5.82 Å². The van der Waals surface area contributed by atoms with Crippen LogP contribution in [0.15, 0.2) is 18.2 Å². The summed E-state index contributed by atoms with van der Waals surface area (Å²) in [5.74, 6) is -0.913. The summed E-state index contributed by atoms with van der Waals surface area (Å²) in [6, 6.07) is 4.06. The summed E-state index contributed by atoms with van der Waals surface area (Å²) in [5.41, 5.74) is 6.45. The molecule has 6 nitrogen and oxygen atoms in total. The van der Waals surface area contributed by atoms with E-state index in [4.69, 9.17) is 5.73 Å². The van der Waals surface area contributed by atoms with Gasteiger partial charge in [-0.1, -0.05) is 0 Å². The van der Waals surface area contributed by atoms with Gasteiger partial charge in [0.05, 0.1) is 5.56 Å². The zero-order chi connectivity index (χ0) is 16.6. The molecule has 1 aromatic rings. The summed E-state index contributed by atoms with van der Waals surface area (Å²) in [6.45, 7) is 3.50.